The molecule has 0 bridgehead atoms. The summed E-state index contributed by atoms with van der Waals surface area (Å²) in [4.78, 5) is 12.4. The molecule has 1 aliphatic heterocycles. The van der Waals surface area contributed by atoms with Crippen LogP contribution in [-0.2, 0) is 18.2 Å². The molecular weight excluding hydrogens is 270 g/mol. The number of aliphatic hydroxyl groups is 1. The summed E-state index contributed by atoms with van der Waals surface area (Å²) in [6.45, 7) is 4.29. The molecule has 1 saturated carbocycles. The molecule has 2 aliphatic rings. The number of hydrogen-bond acceptors (Lipinski definition) is 4. The molecule has 6 heteroatoms. The van der Waals surface area contributed by atoms with Gasteiger partial charge in [0.25, 0.3) is 5.91 Å². The predicted octanol–water partition coefficient (Wildman–Crippen LogP) is 1.09. The molecule has 21 heavy (non-hydrogen) atoms. The molecule has 1 aliphatic carbocycles. The number of amides is 1. The fourth-order valence-corrected chi connectivity index (χ4v) is 3.31. The summed E-state index contributed by atoms with van der Waals surface area (Å²) in [5.41, 5.74) is 1.70. The Kier molecular flexibility index (Phi) is 3.53. The van der Waals surface area contributed by atoms with Gasteiger partial charge in [-0.1, -0.05) is 0 Å². The number of carbonyl (C=O) groups is 1. The molecule has 3 rings (SSSR count). The van der Waals surface area contributed by atoms with Crippen LogP contribution in [0.1, 0.15) is 61.0 Å². The van der Waals surface area contributed by atoms with Crippen molar-refractivity contribution in [3.63, 3.8) is 0 Å². The Labute approximate surface area is 124 Å². The fourth-order valence-electron chi connectivity index (χ4n) is 3.31. The van der Waals surface area contributed by atoms with Gasteiger partial charge in [0.1, 0.15) is 0 Å². The molecule has 116 valence electrons. The lowest BCUT2D eigenvalue weighted by Gasteiger charge is -2.36. The highest BCUT2D eigenvalue weighted by Crippen LogP contribution is 2.32. The molecule has 2 atom stereocenters. The molecule has 0 saturated heterocycles. The molecule has 1 amide bonds. The summed E-state index contributed by atoms with van der Waals surface area (Å²) >= 11 is 0. The number of carbonyl (C=O) groups excluding carboxylic acids is 1. The molecule has 0 radical (unpaired) electrons. The van der Waals surface area contributed by atoms with Crippen molar-refractivity contribution in [2.45, 2.75) is 57.3 Å². The molecule has 2 heterocycles. The molecule has 1 aromatic rings. The van der Waals surface area contributed by atoms with Gasteiger partial charge in [-0.15, -0.1) is 0 Å². The van der Waals surface area contributed by atoms with Crippen molar-refractivity contribution in [1.82, 2.24) is 15.1 Å². The lowest BCUT2D eigenvalue weighted by Crippen LogP contribution is -2.48. The summed E-state index contributed by atoms with van der Waals surface area (Å²) in [6, 6.07) is 0. The maximum atomic E-state index is 12.4. The van der Waals surface area contributed by atoms with E-state index in [4.69, 9.17) is 4.74 Å². The van der Waals surface area contributed by atoms with Crippen LogP contribution < -0.4 is 5.32 Å². The smallest absolute Gasteiger partial charge is 0.272 e. The number of nitrogens with one attached hydrogen (secondary N) is 1. The summed E-state index contributed by atoms with van der Waals surface area (Å²) in [7, 11) is 1.84. The van der Waals surface area contributed by atoms with Gasteiger partial charge < -0.3 is 15.2 Å². The number of ether oxygens (including phenoxy) is 1. The number of aromatic nitrogens is 2. The molecule has 0 spiro atoms. The van der Waals surface area contributed by atoms with Crippen molar-refractivity contribution < 1.29 is 14.6 Å². The Morgan fingerprint density at radius 1 is 1.52 bits per heavy atom. The van der Waals surface area contributed by atoms with E-state index in [9.17, 15) is 9.90 Å². The van der Waals surface area contributed by atoms with Crippen LogP contribution in [0.4, 0.5) is 0 Å². The van der Waals surface area contributed by atoms with Crippen molar-refractivity contribution in [3.8, 4) is 0 Å². The number of aryl methyl sites for hydroxylation is 1. The minimum Gasteiger partial charge on any atom is -0.388 e. The van der Waals surface area contributed by atoms with Gasteiger partial charge in [-0.3, -0.25) is 9.48 Å². The van der Waals surface area contributed by atoms with Crippen LogP contribution in [0.25, 0.3) is 0 Å². The third-order valence-electron chi connectivity index (χ3n) is 4.58. The Morgan fingerprint density at radius 3 is 2.86 bits per heavy atom. The Morgan fingerprint density at radius 2 is 2.24 bits per heavy atom. The van der Waals surface area contributed by atoms with Crippen LogP contribution in [-0.4, -0.2) is 39.0 Å². The molecule has 0 aromatic carbocycles. The van der Waals surface area contributed by atoms with Gasteiger partial charge in [0.2, 0.25) is 0 Å². The summed E-state index contributed by atoms with van der Waals surface area (Å²) in [5.74, 6) is -0.200. The quantitative estimate of drug-likeness (QED) is 0.874. The number of fused-ring (bicyclic) bond motifs is 1. The zero-order chi connectivity index (χ0) is 15.2. The van der Waals surface area contributed by atoms with Gasteiger partial charge in [-0.25, -0.2) is 0 Å². The van der Waals surface area contributed by atoms with Crippen molar-refractivity contribution in [3.05, 3.63) is 17.0 Å². The zero-order valence-corrected chi connectivity index (χ0v) is 12.8. The van der Waals surface area contributed by atoms with E-state index in [1.165, 1.54) is 0 Å². The van der Waals surface area contributed by atoms with Gasteiger partial charge in [-0.05, 0) is 33.1 Å². The molecule has 2 N–H and O–H groups in total. The summed E-state index contributed by atoms with van der Waals surface area (Å²) in [6.07, 6.45) is 3.27. The number of rotatable bonds is 3. The van der Waals surface area contributed by atoms with Gasteiger partial charge in [0.15, 0.2) is 5.69 Å². The number of nitrogens with zero attached hydrogens (tertiary/aromatic N) is 2. The largest absolute Gasteiger partial charge is 0.388 e. The van der Waals surface area contributed by atoms with E-state index in [1.807, 2.05) is 20.9 Å². The zero-order valence-electron chi connectivity index (χ0n) is 12.8. The highest BCUT2D eigenvalue weighted by molar-refractivity contribution is 5.94. The first-order chi connectivity index (χ1) is 9.89. The molecular formula is C15H23N3O3. The Balaban J connectivity index is 1.79. The monoisotopic (exact) mass is 293 g/mol. The van der Waals surface area contributed by atoms with E-state index in [0.717, 1.165) is 30.5 Å². The van der Waals surface area contributed by atoms with Crippen LogP contribution in [0.5, 0.6) is 0 Å². The predicted molar refractivity (Wildman–Crippen MR) is 77.0 cm³/mol. The van der Waals surface area contributed by atoms with E-state index in [2.05, 4.69) is 10.4 Å². The normalized spacial score (nSPS) is 26.9. The first-order valence-corrected chi connectivity index (χ1v) is 7.61. The van der Waals surface area contributed by atoms with E-state index in [0.29, 0.717) is 18.7 Å². The molecule has 1 fully saturated rings. The van der Waals surface area contributed by atoms with Gasteiger partial charge in [0, 0.05) is 25.6 Å². The Bertz CT molecular complexity index is 563. The first-order valence-electron chi connectivity index (χ1n) is 7.61. The van der Waals surface area contributed by atoms with Crippen LogP contribution in [0, 0.1) is 0 Å². The SMILES string of the molecule is C[C@@H]1Cc2c(C(=O)NCC3(O)CCC3)nn(C)c2[C@H](C)O1. The maximum absolute atomic E-state index is 12.4. The molecule has 1 aromatic heterocycles. The van der Waals surface area contributed by atoms with Crippen molar-refractivity contribution in [2.75, 3.05) is 6.54 Å². The average molecular weight is 293 g/mol. The molecule has 0 unspecified atom stereocenters. The highest BCUT2D eigenvalue weighted by Gasteiger charge is 2.36. The van der Waals surface area contributed by atoms with Crippen molar-refractivity contribution in [1.29, 1.82) is 0 Å². The third-order valence-corrected chi connectivity index (χ3v) is 4.58. The van der Waals surface area contributed by atoms with Crippen LogP contribution in [0.3, 0.4) is 0 Å². The second-order valence-corrected chi connectivity index (χ2v) is 6.39. The van der Waals surface area contributed by atoms with Gasteiger partial charge >= 0.3 is 0 Å². The van der Waals surface area contributed by atoms with Crippen LogP contribution in [0.15, 0.2) is 0 Å². The van der Waals surface area contributed by atoms with E-state index in [1.54, 1.807) is 4.68 Å². The molecule has 6 nitrogen and oxygen atoms in total. The summed E-state index contributed by atoms with van der Waals surface area (Å²) < 4.78 is 7.53. The maximum Gasteiger partial charge on any atom is 0.272 e. The topological polar surface area (TPSA) is 76.4 Å². The van der Waals surface area contributed by atoms with E-state index in [-0.39, 0.29) is 18.1 Å². The highest BCUT2D eigenvalue weighted by atomic mass is 16.5. The third kappa shape index (κ3) is 2.58. The standard InChI is InChI=1S/C15H23N3O3/c1-9-7-11-12(17-18(3)13(11)10(2)21-9)14(19)16-8-15(20)5-4-6-15/h9-10,20H,4-8H2,1-3H3,(H,16,19)/t9-,10+/m1/s1. The van der Waals surface area contributed by atoms with E-state index >= 15 is 0 Å². The van der Waals surface area contributed by atoms with Crippen LogP contribution >= 0.6 is 0 Å². The lowest BCUT2D eigenvalue weighted by atomic mass is 9.80. The minimum absolute atomic E-state index is 0.0568. The minimum atomic E-state index is -0.714. The fraction of sp³-hybridized carbons (Fsp3) is 0.733. The first kappa shape index (κ1) is 14.5. The second kappa shape index (κ2) is 5.10. The average Bonchev–Trinajstić information content (AvgIpc) is 2.71. The number of hydrogen-bond donors (Lipinski definition) is 2. The van der Waals surface area contributed by atoms with Crippen LogP contribution in [0.2, 0.25) is 0 Å². The van der Waals surface area contributed by atoms with Gasteiger partial charge in [-0.2, -0.15) is 5.10 Å². The van der Waals surface area contributed by atoms with E-state index < -0.39 is 5.60 Å². The summed E-state index contributed by atoms with van der Waals surface area (Å²) in [5, 5.41) is 17.3. The van der Waals surface area contributed by atoms with Crippen molar-refractivity contribution >= 4 is 5.91 Å². The lowest BCUT2D eigenvalue weighted by molar-refractivity contribution is -0.0301. The second-order valence-electron chi connectivity index (χ2n) is 6.39. The van der Waals surface area contributed by atoms with Gasteiger partial charge in [0.05, 0.1) is 23.5 Å². The van der Waals surface area contributed by atoms with Crippen molar-refractivity contribution in [2.24, 2.45) is 7.05 Å². The Hall–Kier alpha value is -1.40.